The van der Waals surface area contributed by atoms with E-state index in [1.807, 2.05) is 0 Å². The van der Waals surface area contributed by atoms with Gasteiger partial charge in [0.1, 0.15) is 41.5 Å². The molecule has 12 heteroatoms. The van der Waals surface area contributed by atoms with Gasteiger partial charge in [-0.25, -0.2) is 4.79 Å². The number of aliphatic hydroxyl groups is 5. The molecule has 1 fully saturated rings. The van der Waals surface area contributed by atoms with Gasteiger partial charge >= 0.3 is 11.9 Å². The number of aromatic hydroxyl groups is 1. The number of carboxylic acid groups (broad SMARTS) is 2. The number of hydrogen-bond donors (Lipinski definition) is 8. The summed E-state index contributed by atoms with van der Waals surface area (Å²) in [6, 6.07) is 5.92. The lowest BCUT2D eigenvalue weighted by atomic mass is 9.90. The summed E-state index contributed by atoms with van der Waals surface area (Å²) in [5.74, 6) is -5.14. The first-order chi connectivity index (χ1) is 16.0. The van der Waals surface area contributed by atoms with Gasteiger partial charge in [-0.1, -0.05) is 24.3 Å². The minimum atomic E-state index is -1.82. The largest absolute Gasteiger partial charge is 0.506 e. The summed E-state index contributed by atoms with van der Waals surface area (Å²) in [5, 5.41) is 80.3. The minimum absolute atomic E-state index is 0.0454. The number of fused-ring (bicyclic) bond motifs is 1. The van der Waals surface area contributed by atoms with Crippen LogP contribution in [0.1, 0.15) is 22.8 Å². The Morgan fingerprint density at radius 2 is 1.68 bits per heavy atom. The number of phenols is 1. The highest BCUT2D eigenvalue weighted by Crippen LogP contribution is 2.42. The van der Waals surface area contributed by atoms with E-state index in [2.05, 4.69) is 0 Å². The maximum absolute atomic E-state index is 12.1. The Hall–Kier alpha value is -3.00. The van der Waals surface area contributed by atoms with Crippen LogP contribution in [0.3, 0.4) is 0 Å². The molecule has 0 spiro atoms. The highest BCUT2D eigenvalue weighted by Gasteiger charge is 2.45. The molecule has 1 heterocycles. The first-order valence-electron chi connectivity index (χ1n) is 10.4. The second kappa shape index (κ2) is 10.1. The van der Waals surface area contributed by atoms with Crippen LogP contribution in [0.4, 0.5) is 0 Å². The predicted octanol–water partition coefficient (Wildman–Crippen LogP) is -0.954. The third-order valence-electron chi connectivity index (χ3n) is 5.92. The molecule has 0 saturated carbocycles. The van der Waals surface area contributed by atoms with Gasteiger partial charge in [-0.05, 0) is 6.92 Å². The van der Waals surface area contributed by atoms with Crippen molar-refractivity contribution >= 4 is 22.7 Å². The molecule has 1 saturated heterocycles. The van der Waals surface area contributed by atoms with Crippen LogP contribution >= 0.6 is 0 Å². The molecule has 0 amide bonds. The fourth-order valence-electron chi connectivity index (χ4n) is 3.83. The standard InChI is InChI=1S/C22H26O12/c1-8(20(29)30)12(24)6-11-14(21(31)32)15(25)9-4-2-3-5-10(9)19(11)34-22-18(28)17(27)16(26)13(7-23)33-22/h2-5,8,12-13,16-18,22-28H,6-7H2,1H3,(H,29,30)(H,31,32)/t8?,12?,13-,16-,17+,18-,22+/m1/s1. The van der Waals surface area contributed by atoms with Gasteiger partial charge in [0.25, 0.3) is 0 Å². The van der Waals surface area contributed by atoms with Crippen LogP contribution in [0.5, 0.6) is 11.5 Å². The lowest BCUT2D eigenvalue weighted by Crippen LogP contribution is -2.60. The van der Waals surface area contributed by atoms with Crippen LogP contribution in [0.25, 0.3) is 10.8 Å². The number of carboxylic acids is 2. The van der Waals surface area contributed by atoms with Crippen molar-refractivity contribution in [3.8, 4) is 11.5 Å². The number of aromatic carboxylic acids is 1. The smallest absolute Gasteiger partial charge is 0.339 e. The number of aliphatic carboxylic acids is 1. The van der Waals surface area contributed by atoms with Crippen LogP contribution < -0.4 is 4.74 Å². The number of rotatable bonds is 8. The van der Waals surface area contributed by atoms with E-state index >= 15 is 0 Å². The van der Waals surface area contributed by atoms with Crippen LogP contribution in [0, 0.1) is 5.92 Å². The SMILES string of the molecule is CC(C(=O)O)C(O)Cc1c(C(=O)O)c(O)c2ccccc2c1O[C@@H]1O[C@H](CO)[C@@H](O)[C@H](O)[C@H]1O. The third kappa shape index (κ3) is 4.64. The summed E-state index contributed by atoms with van der Waals surface area (Å²) < 4.78 is 11.1. The first-order valence-corrected chi connectivity index (χ1v) is 10.4. The summed E-state index contributed by atoms with van der Waals surface area (Å²) in [6.45, 7) is 0.482. The van der Waals surface area contributed by atoms with Crippen molar-refractivity contribution < 1.29 is 59.9 Å². The highest BCUT2D eigenvalue weighted by atomic mass is 16.7. The van der Waals surface area contributed by atoms with Gasteiger partial charge < -0.3 is 50.3 Å². The molecule has 0 bridgehead atoms. The van der Waals surface area contributed by atoms with Gasteiger partial charge in [0.2, 0.25) is 6.29 Å². The average molecular weight is 482 g/mol. The van der Waals surface area contributed by atoms with Crippen molar-refractivity contribution in [1.82, 2.24) is 0 Å². The van der Waals surface area contributed by atoms with Crippen LogP contribution in [-0.4, -0.2) is 96.2 Å². The van der Waals surface area contributed by atoms with Crippen LogP contribution in [-0.2, 0) is 16.0 Å². The van der Waals surface area contributed by atoms with E-state index in [1.54, 1.807) is 6.07 Å². The number of carbonyl (C=O) groups is 2. The normalized spacial score (nSPS) is 26.7. The van der Waals surface area contributed by atoms with E-state index in [0.29, 0.717) is 0 Å². The Kier molecular flexibility index (Phi) is 7.60. The molecule has 1 aliphatic rings. The van der Waals surface area contributed by atoms with E-state index in [-0.39, 0.29) is 22.1 Å². The maximum atomic E-state index is 12.1. The molecule has 186 valence electrons. The van der Waals surface area contributed by atoms with E-state index in [9.17, 15) is 50.4 Å². The van der Waals surface area contributed by atoms with Crippen molar-refractivity contribution in [2.45, 2.75) is 50.2 Å². The van der Waals surface area contributed by atoms with E-state index < -0.39 is 79.0 Å². The first kappa shape index (κ1) is 25.6. The molecule has 2 unspecified atom stereocenters. The van der Waals surface area contributed by atoms with Crippen molar-refractivity contribution in [2.75, 3.05) is 6.61 Å². The zero-order chi connectivity index (χ0) is 25.3. The quantitative estimate of drug-likeness (QED) is 0.228. The van der Waals surface area contributed by atoms with E-state index in [0.717, 1.165) is 0 Å². The molecule has 34 heavy (non-hydrogen) atoms. The van der Waals surface area contributed by atoms with E-state index in [1.165, 1.54) is 25.1 Å². The predicted molar refractivity (Wildman–Crippen MR) is 113 cm³/mol. The molecule has 3 rings (SSSR count). The van der Waals surface area contributed by atoms with Crippen molar-refractivity contribution in [1.29, 1.82) is 0 Å². The lowest BCUT2D eigenvalue weighted by molar-refractivity contribution is -0.277. The number of ether oxygens (including phenoxy) is 2. The second-order valence-electron chi connectivity index (χ2n) is 8.10. The summed E-state index contributed by atoms with van der Waals surface area (Å²) in [6.07, 6.45) is -10.4. The molecular formula is C22H26O12. The van der Waals surface area contributed by atoms with Crippen LogP contribution in [0.2, 0.25) is 0 Å². The summed E-state index contributed by atoms with van der Waals surface area (Å²) in [5.41, 5.74) is -0.934. The Balaban J connectivity index is 2.19. The van der Waals surface area contributed by atoms with Crippen LogP contribution in [0.15, 0.2) is 24.3 Å². The van der Waals surface area contributed by atoms with E-state index in [4.69, 9.17) is 9.47 Å². The molecule has 1 aliphatic heterocycles. The third-order valence-corrected chi connectivity index (χ3v) is 5.92. The summed E-state index contributed by atoms with van der Waals surface area (Å²) in [7, 11) is 0. The Morgan fingerprint density at radius 3 is 2.24 bits per heavy atom. The molecule has 0 radical (unpaired) electrons. The average Bonchev–Trinajstić information content (AvgIpc) is 2.80. The summed E-state index contributed by atoms with van der Waals surface area (Å²) >= 11 is 0. The van der Waals surface area contributed by atoms with Gasteiger partial charge in [-0.15, -0.1) is 0 Å². The maximum Gasteiger partial charge on any atom is 0.339 e. The van der Waals surface area contributed by atoms with Gasteiger partial charge in [-0.3, -0.25) is 4.79 Å². The molecule has 0 aromatic heterocycles. The zero-order valence-corrected chi connectivity index (χ0v) is 18.0. The number of aliphatic hydroxyl groups excluding tert-OH is 5. The van der Waals surface area contributed by atoms with Crippen molar-refractivity contribution in [3.05, 3.63) is 35.4 Å². The number of hydrogen-bond acceptors (Lipinski definition) is 10. The molecule has 12 nitrogen and oxygen atoms in total. The van der Waals surface area contributed by atoms with Gasteiger partial charge in [0.05, 0.1) is 18.6 Å². The molecule has 8 N–H and O–H groups in total. The highest BCUT2D eigenvalue weighted by molar-refractivity contribution is 6.05. The number of benzene rings is 2. The van der Waals surface area contributed by atoms with Crippen molar-refractivity contribution in [3.63, 3.8) is 0 Å². The van der Waals surface area contributed by atoms with Gasteiger partial charge in [0, 0.05) is 22.8 Å². The lowest BCUT2D eigenvalue weighted by Gasteiger charge is -2.40. The molecule has 7 atom stereocenters. The molecule has 0 aliphatic carbocycles. The minimum Gasteiger partial charge on any atom is -0.506 e. The van der Waals surface area contributed by atoms with Gasteiger partial charge in [0.15, 0.2) is 0 Å². The second-order valence-corrected chi connectivity index (χ2v) is 8.10. The monoisotopic (exact) mass is 482 g/mol. The fourth-order valence-corrected chi connectivity index (χ4v) is 3.83. The fraction of sp³-hybridized carbons (Fsp3) is 0.455. The Morgan fingerprint density at radius 1 is 1.06 bits per heavy atom. The topological polar surface area (TPSA) is 214 Å². The molecular weight excluding hydrogens is 456 g/mol. The van der Waals surface area contributed by atoms with Crippen molar-refractivity contribution in [2.24, 2.45) is 5.92 Å². The molecule has 2 aromatic rings. The summed E-state index contributed by atoms with van der Waals surface area (Å²) in [4.78, 5) is 23.4. The Bertz CT molecular complexity index is 1070. The molecule has 2 aromatic carbocycles. The zero-order valence-electron chi connectivity index (χ0n) is 18.0. The Labute approximate surface area is 192 Å². The van der Waals surface area contributed by atoms with Gasteiger partial charge in [-0.2, -0.15) is 0 Å².